The maximum atomic E-state index is 5.69. The first-order chi connectivity index (χ1) is 8.86. The van der Waals surface area contributed by atoms with Crippen LogP contribution in [0.25, 0.3) is 10.9 Å². The molecule has 2 heterocycles. The molecule has 0 bridgehead atoms. The van der Waals surface area contributed by atoms with Gasteiger partial charge in [0, 0.05) is 12.4 Å². The van der Waals surface area contributed by atoms with E-state index in [1.54, 1.807) is 19.5 Å². The monoisotopic (exact) mass is 241 g/mol. The molecule has 5 heteroatoms. The molecule has 0 aliphatic heterocycles. The fraction of sp³-hybridized carbons (Fsp3) is 0.0769. The van der Waals surface area contributed by atoms with E-state index in [4.69, 9.17) is 9.47 Å². The van der Waals surface area contributed by atoms with Crippen LogP contribution in [-0.4, -0.2) is 22.1 Å². The van der Waals surface area contributed by atoms with Gasteiger partial charge in [-0.25, -0.2) is 9.97 Å². The Kier molecular flexibility index (Phi) is 2.57. The van der Waals surface area contributed by atoms with Gasteiger partial charge < -0.3 is 14.5 Å². The topological polar surface area (TPSA) is 60.0 Å². The normalized spacial score (nSPS) is 10.5. The number of rotatable bonds is 3. The highest BCUT2D eigenvalue weighted by Crippen LogP contribution is 2.28. The predicted octanol–water partition coefficient (Wildman–Crippen LogP) is 2.76. The quantitative estimate of drug-likeness (QED) is 0.766. The second kappa shape index (κ2) is 4.37. The molecule has 1 aromatic carbocycles. The minimum atomic E-state index is 0.513. The Hall–Kier alpha value is -2.56. The lowest BCUT2D eigenvalue weighted by Crippen LogP contribution is -1.91. The molecule has 0 saturated heterocycles. The van der Waals surface area contributed by atoms with Crippen molar-refractivity contribution >= 4 is 10.9 Å². The van der Waals surface area contributed by atoms with Gasteiger partial charge in [-0.2, -0.15) is 0 Å². The maximum absolute atomic E-state index is 5.69. The van der Waals surface area contributed by atoms with Crippen molar-refractivity contribution in [3.8, 4) is 17.4 Å². The second-order valence-corrected chi connectivity index (χ2v) is 3.71. The lowest BCUT2D eigenvalue weighted by atomic mass is 10.2. The van der Waals surface area contributed by atoms with Gasteiger partial charge in [0.2, 0.25) is 5.88 Å². The van der Waals surface area contributed by atoms with Crippen molar-refractivity contribution in [2.45, 2.75) is 0 Å². The SMILES string of the molecule is COc1ccc2ncnc(Oc3cc[nH]c3)c2c1. The molecule has 0 atom stereocenters. The minimum Gasteiger partial charge on any atom is -0.497 e. The summed E-state index contributed by atoms with van der Waals surface area (Å²) in [5.74, 6) is 1.97. The van der Waals surface area contributed by atoms with Crippen molar-refractivity contribution in [3.05, 3.63) is 43.0 Å². The lowest BCUT2D eigenvalue weighted by Gasteiger charge is -2.06. The Bertz CT molecular complexity index is 665. The van der Waals surface area contributed by atoms with Crippen LogP contribution < -0.4 is 9.47 Å². The summed E-state index contributed by atoms with van der Waals surface area (Å²) in [6.45, 7) is 0. The second-order valence-electron chi connectivity index (χ2n) is 3.71. The molecule has 2 aromatic heterocycles. The Labute approximate surface area is 103 Å². The van der Waals surface area contributed by atoms with E-state index in [1.165, 1.54) is 6.33 Å². The zero-order chi connectivity index (χ0) is 12.4. The van der Waals surface area contributed by atoms with E-state index in [1.807, 2.05) is 24.3 Å². The van der Waals surface area contributed by atoms with Gasteiger partial charge in [-0.05, 0) is 24.3 Å². The third-order valence-corrected chi connectivity index (χ3v) is 2.59. The molecule has 0 unspecified atom stereocenters. The number of aromatic nitrogens is 3. The Morgan fingerprint density at radius 1 is 1.11 bits per heavy atom. The number of nitrogens with zero attached hydrogens (tertiary/aromatic N) is 2. The number of methoxy groups -OCH3 is 1. The molecule has 0 spiro atoms. The Morgan fingerprint density at radius 2 is 2.06 bits per heavy atom. The van der Waals surface area contributed by atoms with Crippen LogP contribution in [0.5, 0.6) is 17.4 Å². The Morgan fingerprint density at radius 3 is 2.83 bits per heavy atom. The van der Waals surface area contributed by atoms with Crippen molar-refractivity contribution < 1.29 is 9.47 Å². The molecule has 0 aliphatic rings. The third-order valence-electron chi connectivity index (χ3n) is 2.59. The number of benzene rings is 1. The maximum Gasteiger partial charge on any atom is 0.230 e. The number of H-pyrrole nitrogens is 1. The van der Waals surface area contributed by atoms with Crippen LogP contribution in [0, 0.1) is 0 Å². The van der Waals surface area contributed by atoms with Crippen LogP contribution in [0.2, 0.25) is 0 Å². The van der Waals surface area contributed by atoms with Crippen molar-refractivity contribution in [1.29, 1.82) is 0 Å². The van der Waals surface area contributed by atoms with Crippen LogP contribution in [-0.2, 0) is 0 Å². The van der Waals surface area contributed by atoms with Crippen molar-refractivity contribution in [2.24, 2.45) is 0 Å². The average molecular weight is 241 g/mol. The standard InChI is InChI=1S/C13H11N3O2/c1-17-9-2-3-12-11(6-9)13(16-8-15-12)18-10-4-5-14-7-10/h2-8,14H,1H3. The highest BCUT2D eigenvalue weighted by atomic mass is 16.5. The van der Waals surface area contributed by atoms with E-state index in [2.05, 4.69) is 15.0 Å². The number of hydrogen-bond donors (Lipinski definition) is 1. The van der Waals surface area contributed by atoms with Gasteiger partial charge in [0.1, 0.15) is 17.8 Å². The summed E-state index contributed by atoms with van der Waals surface area (Å²) < 4.78 is 10.9. The molecule has 18 heavy (non-hydrogen) atoms. The van der Waals surface area contributed by atoms with Crippen LogP contribution in [0.1, 0.15) is 0 Å². The van der Waals surface area contributed by atoms with Gasteiger partial charge >= 0.3 is 0 Å². The summed E-state index contributed by atoms with van der Waals surface area (Å²) in [6, 6.07) is 7.42. The zero-order valence-corrected chi connectivity index (χ0v) is 9.75. The zero-order valence-electron chi connectivity index (χ0n) is 9.75. The van der Waals surface area contributed by atoms with E-state index in [9.17, 15) is 0 Å². The molecule has 0 aliphatic carbocycles. The van der Waals surface area contributed by atoms with Crippen LogP contribution >= 0.6 is 0 Å². The molecule has 0 radical (unpaired) electrons. The van der Waals surface area contributed by atoms with E-state index < -0.39 is 0 Å². The molecule has 0 saturated carbocycles. The number of ether oxygens (including phenoxy) is 2. The molecule has 0 fully saturated rings. The summed E-state index contributed by atoms with van der Waals surface area (Å²) in [5, 5.41) is 0.818. The number of aromatic amines is 1. The smallest absolute Gasteiger partial charge is 0.230 e. The highest BCUT2D eigenvalue weighted by molar-refractivity contribution is 5.84. The molecule has 90 valence electrons. The van der Waals surface area contributed by atoms with E-state index in [0.717, 1.165) is 16.7 Å². The molecular formula is C13H11N3O2. The summed E-state index contributed by atoms with van der Waals surface area (Å²) in [4.78, 5) is 11.3. The van der Waals surface area contributed by atoms with Gasteiger partial charge in [-0.3, -0.25) is 0 Å². The first-order valence-electron chi connectivity index (χ1n) is 5.46. The van der Waals surface area contributed by atoms with Crippen LogP contribution in [0.4, 0.5) is 0 Å². The molecule has 5 nitrogen and oxygen atoms in total. The summed E-state index contributed by atoms with van der Waals surface area (Å²) in [7, 11) is 1.62. The molecule has 3 rings (SSSR count). The fourth-order valence-electron chi connectivity index (χ4n) is 1.70. The van der Waals surface area contributed by atoms with Crippen molar-refractivity contribution in [3.63, 3.8) is 0 Å². The minimum absolute atomic E-state index is 0.513. The van der Waals surface area contributed by atoms with Gasteiger partial charge in [-0.1, -0.05) is 0 Å². The van der Waals surface area contributed by atoms with Gasteiger partial charge in [0.15, 0.2) is 0 Å². The highest BCUT2D eigenvalue weighted by Gasteiger charge is 2.07. The molecule has 1 N–H and O–H groups in total. The van der Waals surface area contributed by atoms with Gasteiger partial charge in [0.25, 0.3) is 0 Å². The molecule has 3 aromatic rings. The van der Waals surface area contributed by atoms with Gasteiger partial charge in [0.05, 0.1) is 18.0 Å². The summed E-state index contributed by atoms with van der Waals surface area (Å²) >= 11 is 0. The molecular weight excluding hydrogens is 230 g/mol. The number of hydrogen-bond acceptors (Lipinski definition) is 4. The van der Waals surface area contributed by atoms with Crippen molar-refractivity contribution in [2.75, 3.05) is 7.11 Å². The molecule has 0 amide bonds. The van der Waals surface area contributed by atoms with Gasteiger partial charge in [-0.15, -0.1) is 0 Å². The lowest BCUT2D eigenvalue weighted by molar-refractivity contribution is 0.415. The number of nitrogens with one attached hydrogen (secondary N) is 1. The van der Waals surface area contributed by atoms with Crippen LogP contribution in [0.15, 0.2) is 43.0 Å². The first-order valence-corrected chi connectivity index (χ1v) is 5.46. The Balaban J connectivity index is 2.10. The largest absolute Gasteiger partial charge is 0.497 e. The van der Waals surface area contributed by atoms with E-state index >= 15 is 0 Å². The average Bonchev–Trinajstić information content (AvgIpc) is 2.91. The summed E-state index contributed by atoms with van der Waals surface area (Å²) in [5.41, 5.74) is 0.816. The van der Waals surface area contributed by atoms with Crippen LogP contribution in [0.3, 0.4) is 0 Å². The fourth-order valence-corrected chi connectivity index (χ4v) is 1.70. The number of fused-ring (bicyclic) bond motifs is 1. The third kappa shape index (κ3) is 1.86. The van der Waals surface area contributed by atoms with E-state index in [-0.39, 0.29) is 0 Å². The van der Waals surface area contributed by atoms with Crippen molar-refractivity contribution in [1.82, 2.24) is 15.0 Å². The summed E-state index contributed by atoms with van der Waals surface area (Å²) in [6.07, 6.45) is 5.03. The predicted molar refractivity (Wildman–Crippen MR) is 67.0 cm³/mol. The van der Waals surface area contributed by atoms with E-state index in [0.29, 0.717) is 11.6 Å². The first kappa shape index (κ1) is 10.6.